The summed E-state index contributed by atoms with van der Waals surface area (Å²) in [6, 6.07) is 11.6. The second kappa shape index (κ2) is 21.7. The zero-order valence-corrected chi connectivity index (χ0v) is 28.0. The van der Waals surface area contributed by atoms with Crippen LogP contribution in [0, 0.1) is 0 Å². The van der Waals surface area contributed by atoms with Gasteiger partial charge in [-0.3, -0.25) is 43.2 Å². The Balaban J connectivity index is 2.24. The molecule has 0 saturated carbocycles. The zero-order chi connectivity index (χ0) is 38.6. The lowest BCUT2D eigenvalue weighted by Gasteiger charge is -2.25. The minimum Gasteiger partial charge on any atom is -0.481 e. The topological polar surface area (TPSA) is 300 Å². The minimum atomic E-state index is -1.41. The molecule has 4 atom stereocenters. The van der Waals surface area contributed by atoms with E-state index in [-0.39, 0.29) is 25.7 Å². The van der Waals surface area contributed by atoms with Crippen molar-refractivity contribution in [2.45, 2.75) is 75.5 Å². The lowest BCUT2D eigenvalue weighted by atomic mass is 10.0. The van der Waals surface area contributed by atoms with Crippen molar-refractivity contribution in [2.75, 3.05) is 6.54 Å². The average Bonchev–Trinajstić information content (AvgIpc) is 3.09. The van der Waals surface area contributed by atoms with Gasteiger partial charge in [0.05, 0.1) is 13.0 Å². The van der Waals surface area contributed by atoms with Crippen LogP contribution in [-0.2, 0) is 56.0 Å². The molecule has 2 aromatic carbocycles. The van der Waals surface area contributed by atoms with E-state index < -0.39 is 110 Å². The fourth-order valence-corrected chi connectivity index (χ4v) is 4.78. The molecule has 0 bridgehead atoms. The number of nitrogens with one attached hydrogen (secondary N) is 5. The molecule has 10 N–H and O–H groups in total. The van der Waals surface area contributed by atoms with Crippen LogP contribution in [0.1, 0.15) is 49.7 Å². The Morgan fingerprint density at radius 2 is 0.923 bits per heavy atom. The molecule has 6 amide bonds. The fraction of sp³-hybridized carbons (Fsp3) is 0.382. The summed E-state index contributed by atoms with van der Waals surface area (Å²) in [5.74, 6) is -9.04. The number of hydrogen-bond donors (Lipinski definition) is 9. The van der Waals surface area contributed by atoms with Crippen LogP contribution in [0.3, 0.4) is 0 Å². The maximum atomic E-state index is 13.7. The number of primary amides is 1. The van der Waals surface area contributed by atoms with Crippen LogP contribution in [0.5, 0.6) is 0 Å². The highest BCUT2D eigenvalue weighted by atomic mass is 16.4. The van der Waals surface area contributed by atoms with Gasteiger partial charge < -0.3 is 47.6 Å². The fourth-order valence-electron chi connectivity index (χ4n) is 4.78. The summed E-state index contributed by atoms with van der Waals surface area (Å²) < 4.78 is 0. The molecule has 18 nitrogen and oxygen atoms in total. The monoisotopic (exact) mass is 726 g/mol. The summed E-state index contributed by atoms with van der Waals surface area (Å²) in [5, 5.41) is 38.9. The summed E-state index contributed by atoms with van der Waals surface area (Å²) in [4.78, 5) is 110. The van der Waals surface area contributed by atoms with E-state index in [0.29, 0.717) is 11.1 Å². The Morgan fingerprint density at radius 3 is 1.38 bits per heavy atom. The minimum absolute atomic E-state index is 0.0686. The highest BCUT2D eigenvalue weighted by Gasteiger charge is 2.30. The van der Waals surface area contributed by atoms with Gasteiger partial charge in [-0.05, 0) is 24.0 Å². The number of benzene rings is 2. The Bertz CT molecular complexity index is 1590. The zero-order valence-electron chi connectivity index (χ0n) is 28.0. The highest BCUT2D eigenvalue weighted by molar-refractivity contribution is 5.95. The number of amides is 6. The predicted octanol–water partition coefficient (Wildman–Crippen LogP) is -1.39. The average molecular weight is 727 g/mol. The van der Waals surface area contributed by atoms with E-state index >= 15 is 0 Å². The van der Waals surface area contributed by atoms with Gasteiger partial charge in [-0.15, -0.1) is 0 Å². The number of aliphatic carboxylic acids is 3. The van der Waals surface area contributed by atoms with Crippen molar-refractivity contribution in [3.05, 3.63) is 71.8 Å². The van der Waals surface area contributed by atoms with Gasteiger partial charge in [-0.2, -0.15) is 0 Å². The van der Waals surface area contributed by atoms with E-state index in [0.717, 1.165) is 0 Å². The molecule has 0 radical (unpaired) electrons. The molecular formula is C34H42N6O12. The Kier molecular flexibility index (Phi) is 17.5. The molecular weight excluding hydrogens is 684 g/mol. The molecule has 0 aliphatic rings. The third-order valence-corrected chi connectivity index (χ3v) is 7.44. The molecule has 0 saturated heterocycles. The smallest absolute Gasteiger partial charge is 0.303 e. The third kappa shape index (κ3) is 16.4. The predicted molar refractivity (Wildman–Crippen MR) is 181 cm³/mol. The van der Waals surface area contributed by atoms with Crippen molar-refractivity contribution in [2.24, 2.45) is 5.73 Å². The van der Waals surface area contributed by atoms with Gasteiger partial charge in [-0.1, -0.05) is 60.7 Å². The van der Waals surface area contributed by atoms with Gasteiger partial charge in [0.1, 0.15) is 24.2 Å². The van der Waals surface area contributed by atoms with E-state index in [1.807, 2.05) is 0 Å². The second-order valence-corrected chi connectivity index (χ2v) is 11.6. The van der Waals surface area contributed by atoms with E-state index in [9.17, 15) is 43.2 Å². The number of carbonyl (C=O) groups excluding carboxylic acids is 6. The number of carboxylic acid groups (broad SMARTS) is 3. The van der Waals surface area contributed by atoms with Gasteiger partial charge in [-0.25, -0.2) is 0 Å². The van der Waals surface area contributed by atoms with E-state index in [4.69, 9.17) is 21.1 Å². The van der Waals surface area contributed by atoms with Crippen molar-refractivity contribution >= 4 is 53.4 Å². The van der Waals surface area contributed by atoms with Crippen molar-refractivity contribution in [1.82, 2.24) is 26.6 Å². The Morgan fingerprint density at radius 1 is 0.500 bits per heavy atom. The summed E-state index contributed by atoms with van der Waals surface area (Å²) in [6.45, 7) is -0.718. The molecule has 0 fully saturated rings. The first kappa shape index (κ1) is 41.8. The van der Waals surface area contributed by atoms with Crippen molar-refractivity contribution in [3.8, 4) is 0 Å². The lowest BCUT2D eigenvalue weighted by molar-refractivity contribution is -0.139. The molecule has 0 aliphatic carbocycles. The first-order valence-electron chi connectivity index (χ1n) is 16.1. The highest BCUT2D eigenvalue weighted by Crippen LogP contribution is 2.09. The van der Waals surface area contributed by atoms with Crippen LogP contribution < -0.4 is 32.3 Å². The Labute approximate surface area is 297 Å². The van der Waals surface area contributed by atoms with Gasteiger partial charge in [0.25, 0.3) is 0 Å². The summed E-state index contributed by atoms with van der Waals surface area (Å²) in [6.07, 6.45) is -2.81. The van der Waals surface area contributed by atoms with Crippen LogP contribution in [0.2, 0.25) is 0 Å². The molecule has 0 heterocycles. The third-order valence-electron chi connectivity index (χ3n) is 7.44. The van der Waals surface area contributed by atoms with Crippen LogP contribution in [-0.4, -0.2) is 99.4 Å². The largest absolute Gasteiger partial charge is 0.481 e. The second-order valence-electron chi connectivity index (χ2n) is 11.6. The molecule has 18 heteroatoms. The molecule has 0 aromatic heterocycles. The SMILES string of the molecule is NC(=O)[C@H](CCC(=O)O)NC(=O)[C@H](Cc1ccccc1)NC(=O)[C@H](Cc1ccccc1)NC(=O)CNC(=O)[C@H](CCC(=O)O)NC(=O)CCC(=O)O. The number of carbonyl (C=O) groups is 9. The van der Waals surface area contributed by atoms with Crippen LogP contribution in [0.4, 0.5) is 0 Å². The van der Waals surface area contributed by atoms with Gasteiger partial charge >= 0.3 is 17.9 Å². The number of nitrogens with two attached hydrogens (primary N) is 1. The maximum Gasteiger partial charge on any atom is 0.303 e. The van der Waals surface area contributed by atoms with E-state index in [1.165, 1.54) is 0 Å². The molecule has 280 valence electrons. The van der Waals surface area contributed by atoms with Crippen molar-refractivity contribution < 1.29 is 58.5 Å². The number of rotatable bonds is 23. The summed E-state index contributed by atoms with van der Waals surface area (Å²) >= 11 is 0. The summed E-state index contributed by atoms with van der Waals surface area (Å²) in [7, 11) is 0. The lowest BCUT2D eigenvalue weighted by Crippen LogP contribution is -2.58. The molecule has 0 unspecified atom stereocenters. The van der Waals surface area contributed by atoms with Gasteiger partial charge in [0.15, 0.2) is 0 Å². The first-order chi connectivity index (χ1) is 24.6. The van der Waals surface area contributed by atoms with E-state index in [2.05, 4.69) is 26.6 Å². The molecule has 2 aromatic rings. The van der Waals surface area contributed by atoms with E-state index in [1.54, 1.807) is 60.7 Å². The molecule has 52 heavy (non-hydrogen) atoms. The molecule has 0 aliphatic heterocycles. The molecule has 0 spiro atoms. The standard InChI is InChI=1S/C34H42N6O12/c35-31(49)22(11-14-28(43)44)39-34(52)25(18-21-9-5-2-6-10-21)40-33(51)24(17-20-7-3-1-4-8-20)38-27(42)19-36-32(50)23(12-15-29(45)46)37-26(41)13-16-30(47)48/h1-10,22-25H,11-19H2,(H2,35,49)(H,36,50)(H,37,41)(H,38,42)(H,39,52)(H,40,51)(H,43,44)(H,45,46)(H,47,48)/t22-,23-,24-,25-/m0/s1. The quantitative estimate of drug-likeness (QED) is 0.0639. The molecule has 2 rings (SSSR count). The summed E-state index contributed by atoms with van der Waals surface area (Å²) in [5.41, 5.74) is 6.60. The first-order valence-corrected chi connectivity index (χ1v) is 16.1. The Hall–Kier alpha value is -6.33. The normalized spacial score (nSPS) is 12.8. The van der Waals surface area contributed by atoms with Crippen molar-refractivity contribution in [1.29, 1.82) is 0 Å². The number of hydrogen-bond acceptors (Lipinski definition) is 9. The van der Waals surface area contributed by atoms with Crippen LogP contribution >= 0.6 is 0 Å². The van der Waals surface area contributed by atoms with Gasteiger partial charge in [0.2, 0.25) is 35.4 Å². The van der Waals surface area contributed by atoms with Crippen molar-refractivity contribution in [3.63, 3.8) is 0 Å². The van der Waals surface area contributed by atoms with Crippen LogP contribution in [0.15, 0.2) is 60.7 Å². The number of carboxylic acids is 3. The maximum absolute atomic E-state index is 13.7. The van der Waals surface area contributed by atoms with Gasteiger partial charge in [0, 0.05) is 32.1 Å². The van der Waals surface area contributed by atoms with Crippen LogP contribution in [0.25, 0.3) is 0 Å².